The lowest BCUT2D eigenvalue weighted by molar-refractivity contribution is 0.0919. The number of aryl methyl sites for hydroxylation is 1. The van der Waals surface area contributed by atoms with Crippen molar-refractivity contribution in [1.29, 1.82) is 0 Å². The van der Waals surface area contributed by atoms with Crippen molar-refractivity contribution in [3.63, 3.8) is 0 Å². The molecule has 2 aromatic rings. The molecule has 2 aromatic heterocycles. The first-order valence-electron chi connectivity index (χ1n) is 5.41. The summed E-state index contributed by atoms with van der Waals surface area (Å²) in [5, 5.41) is 7.45. The quantitative estimate of drug-likeness (QED) is 0.818. The van der Waals surface area contributed by atoms with Crippen molar-refractivity contribution in [2.45, 2.75) is 33.2 Å². The monoisotopic (exact) mass is 233 g/mol. The predicted octanol–water partition coefficient (Wildman–Crippen LogP) is 2.06. The number of nitrogens with zero attached hydrogens (tertiary/aromatic N) is 2. The highest BCUT2D eigenvalue weighted by molar-refractivity contribution is 5.97. The molecule has 17 heavy (non-hydrogen) atoms. The van der Waals surface area contributed by atoms with Gasteiger partial charge < -0.3 is 9.84 Å². The highest BCUT2D eigenvalue weighted by Crippen LogP contribution is 2.17. The molecule has 0 bridgehead atoms. The summed E-state index contributed by atoms with van der Waals surface area (Å²) in [7, 11) is 0. The first-order valence-corrected chi connectivity index (χ1v) is 5.41. The Bertz CT molecular complexity index is 567. The average Bonchev–Trinajstić information content (AvgIpc) is 2.57. The summed E-state index contributed by atoms with van der Waals surface area (Å²) < 4.78 is 4.99. The van der Waals surface area contributed by atoms with Crippen LogP contribution in [0.4, 0.5) is 0 Å². The number of carbonyl (C=O) groups excluding carboxylic acids is 1. The summed E-state index contributed by atoms with van der Waals surface area (Å²) >= 11 is 0. The number of aromatic nitrogens is 2. The Labute approximate surface area is 99.2 Å². The number of pyridine rings is 1. The number of hydrogen-bond acceptors (Lipinski definition) is 4. The van der Waals surface area contributed by atoms with Crippen molar-refractivity contribution in [2.24, 2.45) is 0 Å². The Morgan fingerprint density at radius 1 is 1.41 bits per heavy atom. The van der Waals surface area contributed by atoms with Crippen LogP contribution in [0.5, 0.6) is 0 Å². The van der Waals surface area contributed by atoms with Gasteiger partial charge >= 0.3 is 0 Å². The van der Waals surface area contributed by atoms with E-state index in [-0.39, 0.29) is 11.4 Å². The van der Waals surface area contributed by atoms with Gasteiger partial charge in [0.25, 0.3) is 11.6 Å². The number of carbonyl (C=O) groups is 1. The molecule has 2 rings (SSSR count). The Morgan fingerprint density at radius 3 is 2.76 bits per heavy atom. The van der Waals surface area contributed by atoms with Crippen molar-refractivity contribution in [1.82, 2.24) is 15.5 Å². The van der Waals surface area contributed by atoms with Crippen LogP contribution in [0.15, 0.2) is 16.8 Å². The molecule has 0 aliphatic rings. The van der Waals surface area contributed by atoms with E-state index in [1.165, 1.54) is 6.20 Å². The fourth-order valence-electron chi connectivity index (χ4n) is 1.48. The van der Waals surface area contributed by atoms with E-state index >= 15 is 0 Å². The number of amides is 1. The smallest absolute Gasteiger partial charge is 0.257 e. The van der Waals surface area contributed by atoms with Gasteiger partial charge in [-0.25, -0.2) is 4.98 Å². The van der Waals surface area contributed by atoms with Crippen molar-refractivity contribution in [2.75, 3.05) is 0 Å². The second kappa shape index (κ2) is 3.84. The Morgan fingerprint density at radius 2 is 2.12 bits per heavy atom. The number of nitrogens with one attached hydrogen (secondary N) is 1. The molecule has 0 atom stereocenters. The molecule has 0 aliphatic carbocycles. The maximum absolute atomic E-state index is 11.9. The molecule has 0 aliphatic heterocycles. The SMILES string of the molecule is Cc1noc2ncc(C(=O)NC(C)(C)C)cc12. The van der Waals surface area contributed by atoms with E-state index in [4.69, 9.17) is 4.52 Å². The molecule has 90 valence electrons. The third-order valence-electron chi connectivity index (χ3n) is 2.26. The minimum absolute atomic E-state index is 0.146. The molecular weight excluding hydrogens is 218 g/mol. The number of hydrogen-bond donors (Lipinski definition) is 1. The summed E-state index contributed by atoms with van der Waals surface area (Å²) in [5.74, 6) is -0.146. The zero-order valence-corrected chi connectivity index (χ0v) is 10.4. The summed E-state index contributed by atoms with van der Waals surface area (Å²) in [6, 6.07) is 1.75. The van der Waals surface area contributed by atoms with Crippen molar-refractivity contribution >= 4 is 17.0 Å². The zero-order chi connectivity index (χ0) is 12.6. The standard InChI is InChI=1S/C12H15N3O2/c1-7-9-5-8(6-13-11(9)17-15-7)10(16)14-12(2,3)4/h5-6H,1-4H3,(H,14,16). The zero-order valence-electron chi connectivity index (χ0n) is 10.4. The second-order valence-electron chi connectivity index (χ2n) is 5.05. The van der Waals surface area contributed by atoms with E-state index in [1.807, 2.05) is 27.7 Å². The molecule has 5 heteroatoms. The summed E-state index contributed by atoms with van der Waals surface area (Å²) in [5.41, 5.74) is 1.43. The summed E-state index contributed by atoms with van der Waals surface area (Å²) in [4.78, 5) is 16.0. The number of rotatable bonds is 1. The minimum atomic E-state index is -0.268. The summed E-state index contributed by atoms with van der Waals surface area (Å²) in [6.07, 6.45) is 1.49. The van der Waals surface area contributed by atoms with Crippen molar-refractivity contribution < 1.29 is 9.32 Å². The lowest BCUT2D eigenvalue weighted by atomic mass is 10.1. The number of fused-ring (bicyclic) bond motifs is 1. The molecule has 0 saturated heterocycles. The van der Waals surface area contributed by atoms with Crippen molar-refractivity contribution in [3.05, 3.63) is 23.5 Å². The van der Waals surface area contributed by atoms with Crippen LogP contribution in [-0.4, -0.2) is 21.6 Å². The van der Waals surface area contributed by atoms with Gasteiger partial charge in [0.2, 0.25) is 0 Å². The van der Waals surface area contributed by atoms with Gasteiger partial charge in [-0.05, 0) is 33.8 Å². The largest absolute Gasteiger partial charge is 0.347 e. The Kier molecular flexibility index (Phi) is 2.61. The van der Waals surface area contributed by atoms with Crippen LogP contribution in [0.1, 0.15) is 36.8 Å². The molecule has 0 aromatic carbocycles. The molecule has 0 fully saturated rings. The van der Waals surface area contributed by atoms with Crippen LogP contribution in [0.3, 0.4) is 0 Å². The van der Waals surface area contributed by atoms with Crippen LogP contribution in [0, 0.1) is 6.92 Å². The fraction of sp³-hybridized carbons (Fsp3) is 0.417. The minimum Gasteiger partial charge on any atom is -0.347 e. The average molecular weight is 233 g/mol. The van der Waals surface area contributed by atoms with Gasteiger partial charge in [0, 0.05) is 11.7 Å². The molecule has 0 radical (unpaired) electrons. The van der Waals surface area contributed by atoms with Crippen LogP contribution < -0.4 is 5.32 Å². The molecule has 2 heterocycles. The molecule has 0 spiro atoms. The van der Waals surface area contributed by atoms with Crippen molar-refractivity contribution in [3.8, 4) is 0 Å². The van der Waals surface area contributed by atoms with Crippen LogP contribution in [0.25, 0.3) is 11.1 Å². The maximum atomic E-state index is 11.9. The van der Waals surface area contributed by atoms with E-state index < -0.39 is 0 Å². The lowest BCUT2D eigenvalue weighted by Gasteiger charge is -2.20. The lowest BCUT2D eigenvalue weighted by Crippen LogP contribution is -2.40. The van der Waals surface area contributed by atoms with E-state index in [9.17, 15) is 4.79 Å². The van der Waals surface area contributed by atoms with Gasteiger partial charge in [0.15, 0.2) is 0 Å². The molecule has 1 N–H and O–H groups in total. The van der Waals surface area contributed by atoms with Gasteiger partial charge in [-0.2, -0.15) is 0 Å². The highest BCUT2D eigenvalue weighted by Gasteiger charge is 2.17. The molecule has 0 unspecified atom stereocenters. The molecule has 5 nitrogen and oxygen atoms in total. The summed E-state index contributed by atoms with van der Waals surface area (Å²) in [6.45, 7) is 7.61. The molecular formula is C12H15N3O2. The highest BCUT2D eigenvalue weighted by atomic mass is 16.5. The first kappa shape index (κ1) is 11.6. The van der Waals surface area contributed by atoms with E-state index in [0.29, 0.717) is 11.3 Å². The first-order chi connectivity index (χ1) is 7.87. The molecule has 0 saturated carbocycles. The predicted molar refractivity (Wildman–Crippen MR) is 63.8 cm³/mol. The van der Waals surface area contributed by atoms with Crippen LogP contribution >= 0.6 is 0 Å². The Balaban J connectivity index is 2.36. The van der Waals surface area contributed by atoms with Crippen LogP contribution in [-0.2, 0) is 0 Å². The van der Waals surface area contributed by atoms with Crippen LogP contribution in [0.2, 0.25) is 0 Å². The van der Waals surface area contributed by atoms with E-state index in [2.05, 4.69) is 15.5 Å². The Hall–Kier alpha value is -1.91. The topological polar surface area (TPSA) is 68.0 Å². The van der Waals surface area contributed by atoms with Gasteiger partial charge in [0.1, 0.15) is 0 Å². The molecule has 1 amide bonds. The van der Waals surface area contributed by atoms with E-state index in [0.717, 1.165) is 11.1 Å². The van der Waals surface area contributed by atoms with E-state index in [1.54, 1.807) is 6.07 Å². The van der Waals surface area contributed by atoms with Gasteiger partial charge in [-0.15, -0.1) is 0 Å². The second-order valence-corrected chi connectivity index (χ2v) is 5.05. The third kappa shape index (κ3) is 2.43. The van der Waals surface area contributed by atoms with Gasteiger partial charge in [0.05, 0.1) is 16.6 Å². The normalized spacial score (nSPS) is 11.8. The maximum Gasteiger partial charge on any atom is 0.257 e. The third-order valence-corrected chi connectivity index (χ3v) is 2.26. The fourth-order valence-corrected chi connectivity index (χ4v) is 1.48. The van der Waals surface area contributed by atoms with Gasteiger partial charge in [-0.3, -0.25) is 4.79 Å². The van der Waals surface area contributed by atoms with Gasteiger partial charge in [-0.1, -0.05) is 5.16 Å².